The average molecular weight is 300 g/mol. The zero-order valence-electron chi connectivity index (χ0n) is 11.5. The largest absolute Gasteiger partial charge is 0.378 e. The van der Waals surface area contributed by atoms with Gasteiger partial charge in [0.1, 0.15) is 0 Å². The summed E-state index contributed by atoms with van der Waals surface area (Å²) < 4.78 is 0. The molecule has 5 heteroatoms. The highest BCUT2D eigenvalue weighted by molar-refractivity contribution is 7.07. The Hall–Kier alpha value is -1.85. The van der Waals surface area contributed by atoms with Gasteiger partial charge in [-0.15, -0.1) is 0 Å². The number of thiophene rings is 1. The van der Waals surface area contributed by atoms with E-state index >= 15 is 0 Å². The van der Waals surface area contributed by atoms with Gasteiger partial charge in [0.15, 0.2) is 6.10 Å². The number of aliphatic hydroxyl groups excluding tert-OH is 1. The summed E-state index contributed by atoms with van der Waals surface area (Å²) in [6, 6.07) is 8.58. The smallest absolute Gasteiger partial charge is 0.257 e. The van der Waals surface area contributed by atoms with Crippen LogP contribution in [-0.4, -0.2) is 17.1 Å². The summed E-state index contributed by atoms with van der Waals surface area (Å²) in [5, 5.41) is 16.8. The topological polar surface area (TPSA) is 52.6 Å². The molecule has 1 aromatic carbocycles. The van der Waals surface area contributed by atoms with Gasteiger partial charge in [-0.25, -0.2) is 0 Å². The number of amides is 1. The second kappa shape index (κ2) is 4.86. The lowest BCUT2D eigenvalue weighted by molar-refractivity contribution is -0.123. The van der Waals surface area contributed by atoms with Crippen molar-refractivity contribution in [3.8, 4) is 0 Å². The van der Waals surface area contributed by atoms with Crippen molar-refractivity contribution in [3.63, 3.8) is 0 Å². The lowest BCUT2D eigenvalue weighted by atomic mass is 10.1. The van der Waals surface area contributed by atoms with Crippen molar-refractivity contribution in [2.24, 2.45) is 0 Å². The molecule has 0 radical (unpaired) electrons. The van der Waals surface area contributed by atoms with Crippen LogP contribution in [0.15, 0.2) is 35.0 Å². The van der Waals surface area contributed by atoms with Crippen LogP contribution >= 0.6 is 11.3 Å². The third kappa shape index (κ3) is 2.32. The van der Waals surface area contributed by atoms with Gasteiger partial charge in [-0.2, -0.15) is 11.3 Å². The van der Waals surface area contributed by atoms with Gasteiger partial charge in [0.25, 0.3) is 5.91 Å². The number of hydrogen-bond donors (Lipinski definition) is 2. The van der Waals surface area contributed by atoms with Crippen LogP contribution in [0.1, 0.15) is 30.1 Å². The lowest BCUT2D eigenvalue weighted by Gasteiger charge is -2.25. The zero-order valence-corrected chi connectivity index (χ0v) is 12.3. The highest BCUT2D eigenvalue weighted by atomic mass is 32.1. The standard InChI is InChI=1S/C16H16N2O2S/c19-15-13-4-3-12(7-14(13)17-16(15)20)18(11-1-2-11)8-10-5-6-21-9-10/h3-7,9,11,15,19H,1-2,8H2,(H,17,20). The Morgan fingerprint density at radius 1 is 1.33 bits per heavy atom. The molecule has 1 amide bonds. The Labute approximate surface area is 127 Å². The summed E-state index contributed by atoms with van der Waals surface area (Å²) in [5.74, 6) is -0.335. The fourth-order valence-electron chi connectivity index (χ4n) is 2.81. The van der Waals surface area contributed by atoms with Gasteiger partial charge in [-0.3, -0.25) is 4.79 Å². The lowest BCUT2D eigenvalue weighted by Crippen LogP contribution is -2.24. The Balaban J connectivity index is 1.65. The number of carbonyl (C=O) groups is 1. The van der Waals surface area contributed by atoms with Crippen LogP contribution in [0.25, 0.3) is 0 Å². The molecule has 4 nitrogen and oxygen atoms in total. The fourth-order valence-corrected chi connectivity index (χ4v) is 3.47. The van der Waals surface area contributed by atoms with Crippen molar-refractivity contribution in [2.45, 2.75) is 31.5 Å². The number of carbonyl (C=O) groups excluding carboxylic acids is 1. The molecule has 21 heavy (non-hydrogen) atoms. The van der Waals surface area contributed by atoms with Crippen LogP contribution < -0.4 is 10.2 Å². The maximum Gasteiger partial charge on any atom is 0.257 e. The van der Waals surface area contributed by atoms with Crippen LogP contribution in [-0.2, 0) is 11.3 Å². The number of rotatable bonds is 4. The Kier molecular flexibility index (Phi) is 2.97. The normalized spacial score (nSPS) is 20.2. The predicted molar refractivity (Wildman–Crippen MR) is 83.6 cm³/mol. The number of nitrogens with zero attached hydrogens (tertiary/aromatic N) is 1. The van der Waals surface area contributed by atoms with Gasteiger partial charge in [0, 0.05) is 29.5 Å². The third-order valence-corrected chi connectivity index (χ3v) is 4.82. The highest BCUT2D eigenvalue weighted by Gasteiger charge is 2.32. The zero-order chi connectivity index (χ0) is 14.4. The maximum absolute atomic E-state index is 11.5. The first kappa shape index (κ1) is 12.9. The second-order valence-corrected chi connectivity index (χ2v) is 6.43. The number of hydrogen-bond acceptors (Lipinski definition) is 4. The molecule has 4 rings (SSSR count). The first-order chi connectivity index (χ1) is 10.2. The molecular weight excluding hydrogens is 284 g/mol. The second-order valence-electron chi connectivity index (χ2n) is 5.65. The van der Waals surface area contributed by atoms with Crippen molar-refractivity contribution in [2.75, 3.05) is 10.2 Å². The fraction of sp³-hybridized carbons (Fsp3) is 0.312. The minimum absolute atomic E-state index is 0.335. The number of aliphatic hydroxyl groups is 1. The molecule has 2 heterocycles. The van der Waals surface area contributed by atoms with Crippen molar-refractivity contribution in [3.05, 3.63) is 46.2 Å². The number of benzene rings is 1. The van der Waals surface area contributed by atoms with E-state index < -0.39 is 6.10 Å². The van der Waals surface area contributed by atoms with E-state index in [1.807, 2.05) is 18.2 Å². The van der Waals surface area contributed by atoms with Crippen molar-refractivity contribution < 1.29 is 9.90 Å². The Bertz CT molecular complexity index is 680. The molecule has 0 saturated heterocycles. The summed E-state index contributed by atoms with van der Waals surface area (Å²) in [6.07, 6.45) is 1.41. The summed E-state index contributed by atoms with van der Waals surface area (Å²) in [7, 11) is 0. The molecule has 1 unspecified atom stereocenters. The van der Waals surface area contributed by atoms with Crippen LogP contribution in [0.4, 0.5) is 11.4 Å². The van der Waals surface area contributed by atoms with Gasteiger partial charge >= 0.3 is 0 Å². The van der Waals surface area contributed by atoms with Gasteiger partial charge < -0.3 is 15.3 Å². The minimum Gasteiger partial charge on any atom is -0.378 e. The minimum atomic E-state index is -1.03. The monoisotopic (exact) mass is 300 g/mol. The van der Waals surface area contributed by atoms with E-state index in [1.54, 1.807) is 11.3 Å². The van der Waals surface area contributed by atoms with E-state index in [0.29, 0.717) is 11.6 Å². The van der Waals surface area contributed by atoms with E-state index in [2.05, 4.69) is 27.0 Å². The Morgan fingerprint density at radius 3 is 2.90 bits per heavy atom. The summed E-state index contributed by atoms with van der Waals surface area (Å²) in [4.78, 5) is 13.9. The molecule has 1 saturated carbocycles. The molecule has 0 bridgehead atoms. The first-order valence-corrected chi connectivity index (χ1v) is 8.07. The molecular formula is C16H16N2O2S. The molecule has 1 atom stereocenters. The molecule has 0 spiro atoms. The first-order valence-electron chi connectivity index (χ1n) is 7.13. The molecule has 108 valence electrons. The van der Waals surface area contributed by atoms with Crippen molar-refractivity contribution >= 4 is 28.6 Å². The van der Waals surface area contributed by atoms with E-state index in [1.165, 1.54) is 18.4 Å². The quantitative estimate of drug-likeness (QED) is 0.913. The molecule has 1 aromatic heterocycles. The summed E-state index contributed by atoms with van der Waals surface area (Å²) in [6.45, 7) is 0.892. The molecule has 1 aliphatic heterocycles. The van der Waals surface area contributed by atoms with Crippen LogP contribution in [0.3, 0.4) is 0 Å². The number of anilines is 2. The van der Waals surface area contributed by atoms with Crippen LogP contribution in [0, 0.1) is 0 Å². The molecule has 2 N–H and O–H groups in total. The molecule has 2 aromatic rings. The van der Waals surface area contributed by atoms with Crippen LogP contribution in [0.2, 0.25) is 0 Å². The molecule has 1 aliphatic carbocycles. The highest BCUT2D eigenvalue weighted by Crippen LogP contribution is 2.38. The van der Waals surface area contributed by atoms with E-state index in [-0.39, 0.29) is 5.91 Å². The average Bonchev–Trinajstić information content (AvgIpc) is 3.12. The van der Waals surface area contributed by atoms with E-state index in [4.69, 9.17) is 0 Å². The van der Waals surface area contributed by atoms with Gasteiger partial charge in [-0.05, 0) is 47.4 Å². The van der Waals surface area contributed by atoms with Crippen molar-refractivity contribution in [1.82, 2.24) is 0 Å². The van der Waals surface area contributed by atoms with Gasteiger partial charge in [0.2, 0.25) is 0 Å². The maximum atomic E-state index is 11.5. The number of nitrogens with one attached hydrogen (secondary N) is 1. The number of fused-ring (bicyclic) bond motifs is 1. The summed E-state index contributed by atoms with van der Waals surface area (Å²) in [5.41, 5.74) is 3.84. The SMILES string of the molecule is O=C1Nc2cc(N(Cc3ccsc3)C3CC3)ccc2C1O. The van der Waals surface area contributed by atoms with Gasteiger partial charge in [0.05, 0.1) is 0 Å². The van der Waals surface area contributed by atoms with Gasteiger partial charge in [-0.1, -0.05) is 6.07 Å². The van der Waals surface area contributed by atoms with Crippen molar-refractivity contribution in [1.29, 1.82) is 0 Å². The third-order valence-electron chi connectivity index (χ3n) is 4.09. The predicted octanol–water partition coefficient (Wildman–Crippen LogP) is 2.90. The molecule has 1 fully saturated rings. The molecule has 2 aliphatic rings. The van der Waals surface area contributed by atoms with E-state index in [0.717, 1.165) is 17.9 Å². The van der Waals surface area contributed by atoms with E-state index in [9.17, 15) is 9.90 Å². The summed E-state index contributed by atoms with van der Waals surface area (Å²) >= 11 is 1.71. The van der Waals surface area contributed by atoms with Crippen LogP contribution in [0.5, 0.6) is 0 Å². The Morgan fingerprint density at radius 2 is 2.19 bits per heavy atom.